The number of amidine groups is 1. The van der Waals surface area contributed by atoms with E-state index in [2.05, 4.69) is 19.9 Å². The van der Waals surface area contributed by atoms with Gasteiger partial charge < -0.3 is 5.73 Å². The van der Waals surface area contributed by atoms with Gasteiger partial charge in [-0.05, 0) is 23.7 Å². The van der Waals surface area contributed by atoms with Crippen molar-refractivity contribution in [2.45, 2.75) is 26.0 Å². The molecule has 1 aromatic carbocycles. The third-order valence-corrected chi connectivity index (χ3v) is 3.44. The average molecular weight is 236 g/mol. The van der Waals surface area contributed by atoms with Crippen molar-refractivity contribution in [3.05, 3.63) is 35.4 Å². The van der Waals surface area contributed by atoms with Crippen molar-refractivity contribution in [3.63, 3.8) is 0 Å². The van der Waals surface area contributed by atoms with Gasteiger partial charge in [-0.2, -0.15) is 11.8 Å². The van der Waals surface area contributed by atoms with E-state index in [9.17, 15) is 0 Å². The zero-order chi connectivity index (χ0) is 12.0. The van der Waals surface area contributed by atoms with E-state index in [1.54, 1.807) is 0 Å². The van der Waals surface area contributed by atoms with Gasteiger partial charge in [0.15, 0.2) is 0 Å². The second-order valence-corrected chi connectivity index (χ2v) is 5.41. The number of rotatable bonds is 6. The highest BCUT2D eigenvalue weighted by Crippen LogP contribution is 2.18. The van der Waals surface area contributed by atoms with Crippen LogP contribution in [0, 0.1) is 11.3 Å². The Bertz CT molecular complexity index is 348. The number of nitrogens with two attached hydrogens (primary N) is 1. The Hall–Kier alpha value is -0.960. The number of nitrogens with one attached hydrogen (secondary N) is 1. The molecule has 2 nitrogen and oxygen atoms in total. The molecule has 0 aliphatic carbocycles. The minimum absolute atomic E-state index is 0.167. The molecule has 0 aliphatic heterocycles. The molecular weight excluding hydrogens is 216 g/mol. The van der Waals surface area contributed by atoms with Crippen molar-refractivity contribution in [2.75, 3.05) is 5.75 Å². The molecule has 3 N–H and O–H groups in total. The van der Waals surface area contributed by atoms with E-state index in [0.717, 1.165) is 17.2 Å². The Labute approximate surface area is 102 Å². The summed E-state index contributed by atoms with van der Waals surface area (Å²) in [5, 5.41) is 7.49. The molecule has 88 valence electrons. The number of hydrogen-bond donors (Lipinski definition) is 2. The lowest BCUT2D eigenvalue weighted by Gasteiger charge is -2.08. The number of benzene rings is 1. The van der Waals surface area contributed by atoms with E-state index in [-0.39, 0.29) is 5.84 Å². The second kappa shape index (κ2) is 6.59. The van der Waals surface area contributed by atoms with Gasteiger partial charge in [0.2, 0.25) is 0 Å². The summed E-state index contributed by atoms with van der Waals surface area (Å²) in [6.07, 6.45) is 1.24. The van der Waals surface area contributed by atoms with E-state index in [4.69, 9.17) is 11.1 Å². The van der Waals surface area contributed by atoms with Gasteiger partial charge in [-0.25, -0.2) is 0 Å². The number of nitrogen functional groups attached to an aromatic ring is 1. The van der Waals surface area contributed by atoms with Crippen LogP contribution in [0.4, 0.5) is 0 Å². The first-order valence-electron chi connectivity index (χ1n) is 5.61. The van der Waals surface area contributed by atoms with Crippen LogP contribution in [-0.2, 0) is 5.75 Å². The molecule has 0 radical (unpaired) electrons. The first kappa shape index (κ1) is 13.1. The maximum atomic E-state index is 7.49. The van der Waals surface area contributed by atoms with Gasteiger partial charge in [0.25, 0.3) is 0 Å². The molecule has 3 heteroatoms. The quantitative estimate of drug-likeness (QED) is 0.452. The Morgan fingerprint density at radius 1 is 1.38 bits per heavy atom. The number of hydrogen-bond acceptors (Lipinski definition) is 2. The van der Waals surface area contributed by atoms with Crippen LogP contribution >= 0.6 is 11.8 Å². The maximum absolute atomic E-state index is 7.49. The lowest BCUT2D eigenvalue weighted by molar-refractivity contribution is 0.632. The molecular formula is C13H20N2S. The molecule has 0 amide bonds. The summed E-state index contributed by atoms with van der Waals surface area (Å²) < 4.78 is 0. The van der Waals surface area contributed by atoms with Crippen LogP contribution in [-0.4, -0.2) is 11.6 Å². The van der Waals surface area contributed by atoms with Crippen molar-refractivity contribution in [1.82, 2.24) is 0 Å². The van der Waals surface area contributed by atoms with Crippen molar-refractivity contribution in [1.29, 1.82) is 5.41 Å². The highest BCUT2D eigenvalue weighted by Gasteiger charge is 2.04. The summed E-state index contributed by atoms with van der Waals surface area (Å²) in [7, 11) is 0. The summed E-state index contributed by atoms with van der Waals surface area (Å²) in [5.74, 6) is 3.04. The van der Waals surface area contributed by atoms with E-state index in [1.165, 1.54) is 17.7 Å². The van der Waals surface area contributed by atoms with Crippen LogP contribution in [0.3, 0.4) is 0 Å². The Morgan fingerprint density at radius 3 is 2.69 bits per heavy atom. The summed E-state index contributed by atoms with van der Waals surface area (Å²) in [4.78, 5) is 0. The van der Waals surface area contributed by atoms with Gasteiger partial charge in [0.1, 0.15) is 5.84 Å². The zero-order valence-corrected chi connectivity index (χ0v) is 10.8. The Morgan fingerprint density at radius 2 is 2.06 bits per heavy atom. The van der Waals surface area contributed by atoms with Gasteiger partial charge in [-0.3, -0.25) is 5.41 Å². The molecule has 0 saturated carbocycles. The SMILES string of the molecule is CC(C)CCSCc1ccccc1C(=N)N. The van der Waals surface area contributed by atoms with Gasteiger partial charge in [-0.15, -0.1) is 0 Å². The molecule has 0 aliphatic rings. The molecule has 1 rings (SSSR count). The largest absolute Gasteiger partial charge is 0.384 e. The summed E-state index contributed by atoms with van der Waals surface area (Å²) in [6.45, 7) is 4.48. The normalized spacial score (nSPS) is 10.7. The van der Waals surface area contributed by atoms with Crippen molar-refractivity contribution in [2.24, 2.45) is 11.7 Å². The van der Waals surface area contributed by atoms with Crippen LogP contribution in [0.5, 0.6) is 0 Å². The summed E-state index contributed by atoms with van der Waals surface area (Å²) in [5.41, 5.74) is 7.59. The van der Waals surface area contributed by atoms with Gasteiger partial charge >= 0.3 is 0 Å². The smallest absolute Gasteiger partial charge is 0.123 e. The van der Waals surface area contributed by atoms with Crippen LogP contribution in [0.25, 0.3) is 0 Å². The van der Waals surface area contributed by atoms with Gasteiger partial charge in [0, 0.05) is 11.3 Å². The molecule has 0 saturated heterocycles. The maximum Gasteiger partial charge on any atom is 0.123 e. The average Bonchev–Trinajstić information content (AvgIpc) is 2.24. The first-order valence-corrected chi connectivity index (χ1v) is 6.76. The molecule has 1 aromatic rings. The summed E-state index contributed by atoms with van der Waals surface area (Å²) in [6, 6.07) is 7.91. The third kappa shape index (κ3) is 4.27. The lowest BCUT2D eigenvalue weighted by atomic mass is 10.1. The fourth-order valence-electron chi connectivity index (χ4n) is 1.41. The summed E-state index contributed by atoms with van der Waals surface area (Å²) >= 11 is 1.91. The fourth-order valence-corrected chi connectivity index (χ4v) is 2.66. The minimum atomic E-state index is 0.167. The molecule has 0 unspecified atom stereocenters. The van der Waals surface area contributed by atoms with Crippen molar-refractivity contribution >= 4 is 17.6 Å². The van der Waals surface area contributed by atoms with Gasteiger partial charge in [-0.1, -0.05) is 38.1 Å². The predicted octanol–water partition coefficient (Wildman–Crippen LogP) is 3.25. The standard InChI is InChI=1S/C13H20N2S/c1-10(2)7-8-16-9-11-5-3-4-6-12(11)13(14)15/h3-6,10H,7-9H2,1-2H3,(H3,14,15). The monoisotopic (exact) mass is 236 g/mol. The van der Waals surface area contributed by atoms with Crippen LogP contribution in [0.1, 0.15) is 31.4 Å². The number of thioether (sulfide) groups is 1. The van der Waals surface area contributed by atoms with Crippen LogP contribution in [0.15, 0.2) is 24.3 Å². The Kier molecular flexibility index (Phi) is 5.39. The molecule has 16 heavy (non-hydrogen) atoms. The zero-order valence-electron chi connectivity index (χ0n) is 9.99. The molecule has 0 spiro atoms. The third-order valence-electron chi connectivity index (χ3n) is 2.40. The fraction of sp³-hybridized carbons (Fsp3) is 0.462. The highest BCUT2D eigenvalue weighted by atomic mass is 32.2. The minimum Gasteiger partial charge on any atom is -0.384 e. The molecule has 0 aromatic heterocycles. The molecule has 0 heterocycles. The second-order valence-electron chi connectivity index (χ2n) is 4.31. The predicted molar refractivity (Wildman–Crippen MR) is 73.1 cm³/mol. The Balaban J connectivity index is 2.50. The van der Waals surface area contributed by atoms with E-state index >= 15 is 0 Å². The highest BCUT2D eigenvalue weighted by molar-refractivity contribution is 7.98. The van der Waals surface area contributed by atoms with Gasteiger partial charge in [0.05, 0.1) is 0 Å². The van der Waals surface area contributed by atoms with E-state index in [0.29, 0.717) is 0 Å². The van der Waals surface area contributed by atoms with Crippen molar-refractivity contribution < 1.29 is 0 Å². The van der Waals surface area contributed by atoms with Crippen LogP contribution in [0.2, 0.25) is 0 Å². The molecule has 0 fully saturated rings. The molecule has 0 atom stereocenters. The molecule has 0 bridgehead atoms. The first-order chi connectivity index (χ1) is 7.61. The van der Waals surface area contributed by atoms with Crippen molar-refractivity contribution in [3.8, 4) is 0 Å². The van der Waals surface area contributed by atoms with E-state index < -0.39 is 0 Å². The topological polar surface area (TPSA) is 49.9 Å². The van der Waals surface area contributed by atoms with E-state index in [1.807, 2.05) is 30.0 Å². The lowest BCUT2D eigenvalue weighted by Crippen LogP contribution is -2.13. The van der Waals surface area contributed by atoms with Crippen LogP contribution < -0.4 is 5.73 Å².